The predicted molar refractivity (Wildman–Crippen MR) is 61.9 cm³/mol. The first-order valence-electron chi connectivity index (χ1n) is 5.61. The molecule has 4 nitrogen and oxygen atoms in total. The van der Waals surface area contributed by atoms with Crippen molar-refractivity contribution in [1.29, 1.82) is 0 Å². The molecule has 0 spiro atoms. The first kappa shape index (κ1) is 11.1. The van der Waals surface area contributed by atoms with Crippen molar-refractivity contribution in [2.75, 3.05) is 24.6 Å². The fourth-order valence-corrected chi connectivity index (χ4v) is 1.83. The lowest BCUT2D eigenvalue weighted by atomic mass is 10.2. The molecule has 0 aliphatic carbocycles. The van der Waals surface area contributed by atoms with Crippen molar-refractivity contribution in [3.05, 3.63) is 23.9 Å². The Bertz CT molecular complexity index is 351. The molecule has 0 N–H and O–H groups in total. The van der Waals surface area contributed by atoms with E-state index in [0.29, 0.717) is 11.7 Å². The molecule has 0 radical (unpaired) electrons. The lowest BCUT2D eigenvalue weighted by Gasteiger charge is -2.33. The van der Waals surface area contributed by atoms with Gasteiger partial charge in [-0.3, -0.25) is 4.79 Å². The lowest BCUT2D eigenvalue weighted by molar-refractivity contribution is 0.0381. The average molecular weight is 220 g/mol. The molecule has 1 aliphatic rings. The SMILES string of the molecule is CCC1CN(c2ccc(C=O)cn2)CCO1. The molecule has 0 aromatic carbocycles. The van der Waals surface area contributed by atoms with Crippen LogP contribution in [-0.4, -0.2) is 37.1 Å². The van der Waals surface area contributed by atoms with E-state index in [-0.39, 0.29) is 0 Å². The number of morpholine rings is 1. The smallest absolute Gasteiger partial charge is 0.151 e. The molecule has 4 heteroatoms. The molecule has 16 heavy (non-hydrogen) atoms. The number of carbonyl (C=O) groups is 1. The first-order valence-corrected chi connectivity index (χ1v) is 5.61. The van der Waals surface area contributed by atoms with Crippen LogP contribution in [0.4, 0.5) is 5.82 Å². The minimum Gasteiger partial charge on any atom is -0.375 e. The minimum absolute atomic E-state index is 0.293. The first-order chi connectivity index (χ1) is 7.83. The molecule has 1 fully saturated rings. The predicted octanol–water partition coefficient (Wildman–Crippen LogP) is 1.51. The maximum Gasteiger partial charge on any atom is 0.151 e. The summed E-state index contributed by atoms with van der Waals surface area (Å²) in [4.78, 5) is 17.0. The second-order valence-electron chi connectivity index (χ2n) is 3.91. The van der Waals surface area contributed by atoms with Crippen molar-refractivity contribution >= 4 is 12.1 Å². The third-order valence-corrected chi connectivity index (χ3v) is 2.82. The molecule has 1 unspecified atom stereocenters. The normalized spacial score (nSPS) is 20.8. The summed E-state index contributed by atoms with van der Waals surface area (Å²) in [7, 11) is 0. The van der Waals surface area contributed by atoms with E-state index < -0.39 is 0 Å². The van der Waals surface area contributed by atoms with Crippen LogP contribution in [0.3, 0.4) is 0 Å². The number of pyridine rings is 1. The Labute approximate surface area is 95.2 Å². The summed E-state index contributed by atoms with van der Waals surface area (Å²) < 4.78 is 5.60. The highest BCUT2D eigenvalue weighted by Crippen LogP contribution is 2.16. The van der Waals surface area contributed by atoms with E-state index in [1.165, 1.54) is 0 Å². The molecule has 1 saturated heterocycles. The van der Waals surface area contributed by atoms with Crippen molar-refractivity contribution in [2.45, 2.75) is 19.4 Å². The average Bonchev–Trinajstić information content (AvgIpc) is 2.39. The Morgan fingerprint density at radius 2 is 2.50 bits per heavy atom. The largest absolute Gasteiger partial charge is 0.375 e. The Balaban J connectivity index is 2.07. The third kappa shape index (κ3) is 2.39. The maximum absolute atomic E-state index is 10.5. The van der Waals surface area contributed by atoms with Crippen LogP contribution in [0.15, 0.2) is 18.3 Å². The molecule has 2 heterocycles. The molecule has 1 atom stereocenters. The zero-order chi connectivity index (χ0) is 11.4. The molecule has 1 aliphatic heterocycles. The zero-order valence-electron chi connectivity index (χ0n) is 9.43. The van der Waals surface area contributed by atoms with E-state index in [4.69, 9.17) is 4.74 Å². The molecule has 0 saturated carbocycles. The summed E-state index contributed by atoms with van der Waals surface area (Å²) in [5.74, 6) is 0.923. The highest BCUT2D eigenvalue weighted by atomic mass is 16.5. The second-order valence-corrected chi connectivity index (χ2v) is 3.91. The van der Waals surface area contributed by atoms with Crippen LogP contribution < -0.4 is 4.90 Å². The quantitative estimate of drug-likeness (QED) is 0.724. The highest BCUT2D eigenvalue weighted by molar-refractivity contribution is 5.74. The molecule has 1 aromatic rings. The molecule has 86 valence electrons. The van der Waals surface area contributed by atoms with Gasteiger partial charge < -0.3 is 9.64 Å². The highest BCUT2D eigenvalue weighted by Gasteiger charge is 2.19. The summed E-state index contributed by atoms with van der Waals surface area (Å²) in [5.41, 5.74) is 0.615. The van der Waals surface area contributed by atoms with Gasteiger partial charge >= 0.3 is 0 Å². The molecule has 0 bridgehead atoms. The topological polar surface area (TPSA) is 42.4 Å². The molecular formula is C12H16N2O2. The monoisotopic (exact) mass is 220 g/mol. The molecule has 2 rings (SSSR count). The van der Waals surface area contributed by atoms with Crippen molar-refractivity contribution in [3.8, 4) is 0 Å². The fourth-order valence-electron chi connectivity index (χ4n) is 1.83. The molecular weight excluding hydrogens is 204 g/mol. The van der Waals surface area contributed by atoms with Crippen LogP contribution in [0, 0.1) is 0 Å². The van der Waals surface area contributed by atoms with Gasteiger partial charge in [0, 0.05) is 24.8 Å². The van der Waals surface area contributed by atoms with Gasteiger partial charge in [-0.15, -0.1) is 0 Å². The number of ether oxygens (including phenoxy) is 1. The Morgan fingerprint density at radius 1 is 1.62 bits per heavy atom. The number of anilines is 1. The summed E-state index contributed by atoms with van der Waals surface area (Å²) in [6, 6.07) is 3.69. The summed E-state index contributed by atoms with van der Waals surface area (Å²) in [5, 5.41) is 0. The standard InChI is InChI=1S/C12H16N2O2/c1-2-11-8-14(5-6-16-11)12-4-3-10(9-15)7-13-12/h3-4,7,9,11H,2,5-6,8H2,1H3. The number of carbonyl (C=O) groups excluding carboxylic acids is 1. The summed E-state index contributed by atoms with van der Waals surface area (Å²) >= 11 is 0. The van der Waals surface area contributed by atoms with Crippen molar-refractivity contribution < 1.29 is 9.53 Å². The van der Waals surface area contributed by atoms with Gasteiger partial charge in [-0.05, 0) is 18.6 Å². The summed E-state index contributed by atoms with van der Waals surface area (Å²) in [6.45, 7) is 4.61. The van der Waals surface area contributed by atoms with E-state index >= 15 is 0 Å². The van der Waals surface area contributed by atoms with Crippen molar-refractivity contribution in [2.24, 2.45) is 0 Å². The van der Waals surface area contributed by atoms with Crippen LogP contribution in [0.25, 0.3) is 0 Å². The third-order valence-electron chi connectivity index (χ3n) is 2.82. The number of hydrogen-bond donors (Lipinski definition) is 0. The van der Waals surface area contributed by atoms with Gasteiger partial charge in [-0.25, -0.2) is 4.98 Å². The van der Waals surface area contributed by atoms with Gasteiger partial charge in [0.1, 0.15) is 5.82 Å². The van der Waals surface area contributed by atoms with Gasteiger partial charge in [-0.1, -0.05) is 6.92 Å². The molecule has 1 aromatic heterocycles. The van der Waals surface area contributed by atoms with Crippen molar-refractivity contribution in [1.82, 2.24) is 4.98 Å². The van der Waals surface area contributed by atoms with E-state index in [2.05, 4.69) is 16.8 Å². The maximum atomic E-state index is 10.5. The van der Waals surface area contributed by atoms with E-state index in [9.17, 15) is 4.79 Å². The van der Waals surface area contributed by atoms with Crippen LogP contribution >= 0.6 is 0 Å². The van der Waals surface area contributed by atoms with E-state index in [0.717, 1.165) is 38.2 Å². The number of hydrogen-bond acceptors (Lipinski definition) is 4. The lowest BCUT2D eigenvalue weighted by Crippen LogP contribution is -2.42. The van der Waals surface area contributed by atoms with Gasteiger partial charge in [-0.2, -0.15) is 0 Å². The van der Waals surface area contributed by atoms with E-state index in [1.54, 1.807) is 12.3 Å². The van der Waals surface area contributed by atoms with Gasteiger partial charge in [0.2, 0.25) is 0 Å². The Kier molecular flexibility index (Phi) is 3.51. The molecule has 0 amide bonds. The van der Waals surface area contributed by atoms with Crippen molar-refractivity contribution in [3.63, 3.8) is 0 Å². The number of nitrogens with zero attached hydrogens (tertiary/aromatic N) is 2. The van der Waals surface area contributed by atoms with Gasteiger partial charge in [0.05, 0.1) is 12.7 Å². The number of aromatic nitrogens is 1. The van der Waals surface area contributed by atoms with Gasteiger partial charge in [0.15, 0.2) is 6.29 Å². The van der Waals surface area contributed by atoms with Crippen LogP contribution in [0.5, 0.6) is 0 Å². The number of rotatable bonds is 3. The second kappa shape index (κ2) is 5.07. The van der Waals surface area contributed by atoms with Gasteiger partial charge in [0.25, 0.3) is 0 Å². The Morgan fingerprint density at radius 3 is 3.12 bits per heavy atom. The zero-order valence-corrected chi connectivity index (χ0v) is 9.43. The number of aldehydes is 1. The van der Waals surface area contributed by atoms with Crippen LogP contribution in [0.2, 0.25) is 0 Å². The fraction of sp³-hybridized carbons (Fsp3) is 0.500. The van der Waals surface area contributed by atoms with Crippen LogP contribution in [0.1, 0.15) is 23.7 Å². The Hall–Kier alpha value is -1.42. The minimum atomic E-state index is 0.293. The van der Waals surface area contributed by atoms with Crippen LogP contribution in [-0.2, 0) is 4.74 Å². The van der Waals surface area contributed by atoms with E-state index in [1.807, 2.05) is 6.07 Å². The summed E-state index contributed by atoms with van der Waals surface area (Å²) in [6.07, 6.45) is 3.73.